The van der Waals surface area contributed by atoms with Crippen LogP contribution in [-0.4, -0.2) is 98.8 Å². The van der Waals surface area contributed by atoms with Crippen molar-refractivity contribution >= 4 is 22.0 Å². The van der Waals surface area contributed by atoms with Crippen molar-refractivity contribution in [2.24, 2.45) is 11.3 Å². The molecule has 1 aromatic heterocycles. The molecule has 4 heterocycles. The molecule has 5 atom stereocenters. The molecule has 2 fully saturated rings. The summed E-state index contributed by atoms with van der Waals surface area (Å²) in [4.78, 5) is 26.3. The fourth-order valence-corrected chi connectivity index (χ4v) is 8.93. The van der Waals surface area contributed by atoms with Crippen LogP contribution in [-0.2, 0) is 25.9 Å². The standard InChI is InChI=1S/C37H47N3O11S/c1-37(2,15-6-7-16-38-34(42)32-11-8-17-47-32)23-39(52(45,46)26-12-13-31-33(20-26)51-24-50-31)21-30(41)28(19-25-9-4-3-5-10-25)40(36(43)44)29-22-49-35-27(29)14-18-48-35/h3-5,8-13,17,20,27-30,35,41H,6-7,14-16,18-19,21-24H2,1-2H3,(H,38,42)(H,43,44)/p-1/t27-,28-,29-,30+,35+/m0/s1. The molecule has 52 heavy (non-hydrogen) atoms. The van der Waals surface area contributed by atoms with Crippen molar-refractivity contribution in [1.29, 1.82) is 0 Å². The maximum Gasteiger partial charge on any atom is 0.286 e. The summed E-state index contributed by atoms with van der Waals surface area (Å²) in [6, 6.07) is 15.0. The van der Waals surface area contributed by atoms with Gasteiger partial charge in [0, 0.05) is 31.6 Å². The van der Waals surface area contributed by atoms with Gasteiger partial charge in [0.1, 0.15) is 6.09 Å². The molecule has 0 radical (unpaired) electrons. The predicted molar refractivity (Wildman–Crippen MR) is 185 cm³/mol. The third-order valence-corrected chi connectivity index (χ3v) is 11.8. The second-order valence-corrected chi connectivity index (χ2v) is 16.2. The van der Waals surface area contributed by atoms with Gasteiger partial charge in [-0.25, -0.2) is 8.42 Å². The number of furan rings is 1. The molecule has 14 nitrogen and oxygen atoms in total. The highest BCUT2D eigenvalue weighted by molar-refractivity contribution is 7.89. The third kappa shape index (κ3) is 8.72. The molecule has 3 aliphatic rings. The van der Waals surface area contributed by atoms with Crippen LogP contribution >= 0.6 is 0 Å². The average molecular weight is 741 g/mol. The lowest BCUT2D eigenvalue weighted by Crippen LogP contribution is -2.61. The molecular weight excluding hydrogens is 694 g/mol. The number of ether oxygens (including phenoxy) is 4. The Morgan fingerprint density at radius 2 is 1.83 bits per heavy atom. The molecule has 15 heteroatoms. The maximum atomic E-state index is 14.5. The number of nitrogens with zero attached hydrogens (tertiary/aromatic N) is 2. The van der Waals surface area contributed by atoms with Gasteiger partial charge in [0.05, 0.1) is 42.6 Å². The number of hydrogen-bond donors (Lipinski definition) is 2. The van der Waals surface area contributed by atoms with Gasteiger partial charge in [-0.15, -0.1) is 0 Å². The lowest BCUT2D eigenvalue weighted by Gasteiger charge is -2.43. The van der Waals surface area contributed by atoms with Crippen molar-refractivity contribution in [2.75, 3.05) is 39.6 Å². The first-order chi connectivity index (χ1) is 24.9. The van der Waals surface area contributed by atoms with Crippen molar-refractivity contribution < 1.29 is 51.6 Å². The summed E-state index contributed by atoms with van der Waals surface area (Å²) in [7, 11) is -4.26. The molecule has 3 aliphatic heterocycles. The monoisotopic (exact) mass is 740 g/mol. The first-order valence-electron chi connectivity index (χ1n) is 17.6. The predicted octanol–water partition coefficient (Wildman–Crippen LogP) is 3.00. The highest BCUT2D eigenvalue weighted by atomic mass is 32.2. The molecule has 2 amide bonds. The quantitative estimate of drug-likeness (QED) is 0.194. The SMILES string of the molecule is CC(C)(CCCCNC(=O)c1ccco1)CN(C[C@@H](O)[C@H](Cc1ccccc1)N(C(=O)[O-])[C@H]1CO[C@H]2OCC[C@H]21)S(=O)(=O)c1ccc2c(c1)OCO2. The summed E-state index contributed by atoms with van der Waals surface area (Å²) in [5.41, 5.74) is 0.172. The molecule has 3 aromatic rings. The van der Waals surface area contributed by atoms with Crippen molar-refractivity contribution in [3.63, 3.8) is 0 Å². The molecule has 2 N–H and O–H groups in total. The van der Waals surface area contributed by atoms with Crippen LogP contribution in [0.2, 0.25) is 0 Å². The zero-order valence-corrected chi connectivity index (χ0v) is 30.2. The van der Waals surface area contributed by atoms with Crippen LogP contribution in [0.15, 0.2) is 76.2 Å². The Labute approximate surface area is 303 Å². The number of carboxylic acid groups (broad SMARTS) is 1. The van der Waals surface area contributed by atoms with Gasteiger partial charge in [-0.2, -0.15) is 4.31 Å². The number of amides is 2. The average Bonchev–Trinajstić information content (AvgIpc) is 3.94. The van der Waals surface area contributed by atoms with E-state index in [0.29, 0.717) is 44.6 Å². The Hall–Kier alpha value is -4.15. The molecule has 0 aliphatic carbocycles. The van der Waals surface area contributed by atoms with Crippen LogP contribution in [0.5, 0.6) is 11.5 Å². The Balaban J connectivity index is 1.24. The van der Waals surface area contributed by atoms with Gasteiger partial charge in [0.15, 0.2) is 23.5 Å². The zero-order valence-electron chi connectivity index (χ0n) is 29.3. The van der Waals surface area contributed by atoms with Gasteiger partial charge in [-0.05, 0) is 60.9 Å². The largest absolute Gasteiger partial charge is 0.530 e. The molecule has 282 valence electrons. The number of benzene rings is 2. The van der Waals surface area contributed by atoms with Crippen molar-refractivity contribution in [2.45, 2.75) is 75.3 Å². The van der Waals surface area contributed by atoms with E-state index in [2.05, 4.69) is 5.32 Å². The fraction of sp³-hybridized carbons (Fsp3) is 0.514. The number of carbonyl (C=O) groups is 2. The lowest BCUT2D eigenvalue weighted by molar-refractivity contribution is -0.273. The summed E-state index contributed by atoms with van der Waals surface area (Å²) < 4.78 is 57.7. The summed E-state index contributed by atoms with van der Waals surface area (Å²) in [5, 5.41) is 27.9. The number of carbonyl (C=O) groups excluding carboxylic acids is 2. The molecule has 0 unspecified atom stereocenters. The number of hydrogen-bond acceptors (Lipinski definition) is 11. The van der Waals surface area contributed by atoms with Crippen LogP contribution in [0, 0.1) is 11.3 Å². The number of unbranched alkanes of at least 4 members (excludes halogenated alkanes) is 1. The fourth-order valence-electron chi connectivity index (χ4n) is 7.27. The number of sulfonamides is 1. The van der Waals surface area contributed by atoms with Crippen LogP contribution in [0.3, 0.4) is 0 Å². The van der Waals surface area contributed by atoms with Crippen LogP contribution in [0.4, 0.5) is 4.79 Å². The van der Waals surface area contributed by atoms with Crippen molar-refractivity contribution in [3.8, 4) is 11.5 Å². The number of fused-ring (bicyclic) bond motifs is 2. The van der Waals surface area contributed by atoms with E-state index in [9.17, 15) is 28.2 Å². The van der Waals surface area contributed by atoms with Gasteiger partial charge in [-0.3, -0.25) is 4.79 Å². The Kier molecular flexibility index (Phi) is 11.8. The summed E-state index contributed by atoms with van der Waals surface area (Å²) in [6.45, 7) is 4.34. The number of rotatable bonds is 17. The molecule has 0 saturated carbocycles. The molecule has 6 rings (SSSR count). The van der Waals surface area contributed by atoms with Crippen LogP contribution < -0.4 is 19.9 Å². The smallest absolute Gasteiger partial charge is 0.286 e. The van der Waals surface area contributed by atoms with Crippen LogP contribution in [0.1, 0.15) is 55.6 Å². The van der Waals surface area contributed by atoms with Gasteiger partial charge >= 0.3 is 0 Å². The molecule has 2 saturated heterocycles. The van der Waals surface area contributed by atoms with Crippen molar-refractivity contribution in [1.82, 2.24) is 14.5 Å². The van der Waals surface area contributed by atoms with E-state index in [0.717, 1.165) is 10.5 Å². The Bertz CT molecular complexity index is 1770. The minimum absolute atomic E-state index is 0.00798. The van der Waals surface area contributed by atoms with Gasteiger partial charge in [-0.1, -0.05) is 50.6 Å². The second-order valence-electron chi connectivity index (χ2n) is 14.3. The normalized spacial score (nSPS) is 20.8. The summed E-state index contributed by atoms with van der Waals surface area (Å²) in [5.74, 6) is 0.375. The van der Waals surface area contributed by atoms with E-state index in [1.165, 1.54) is 28.8 Å². The minimum Gasteiger partial charge on any atom is -0.530 e. The first kappa shape index (κ1) is 37.6. The first-order valence-corrected chi connectivity index (χ1v) is 19.0. The Morgan fingerprint density at radius 3 is 2.58 bits per heavy atom. The third-order valence-electron chi connectivity index (χ3n) is 9.95. The molecule has 0 bridgehead atoms. The van der Waals surface area contributed by atoms with Crippen LogP contribution in [0.25, 0.3) is 0 Å². The molecule has 2 aromatic carbocycles. The highest BCUT2D eigenvalue weighted by Gasteiger charge is 2.47. The summed E-state index contributed by atoms with van der Waals surface area (Å²) in [6.07, 6.45) is 0.531. The zero-order chi connectivity index (χ0) is 36.9. The van der Waals surface area contributed by atoms with Gasteiger partial charge < -0.3 is 48.6 Å². The highest BCUT2D eigenvalue weighted by Crippen LogP contribution is 2.38. The van der Waals surface area contributed by atoms with E-state index in [4.69, 9.17) is 23.4 Å². The van der Waals surface area contributed by atoms with E-state index < -0.39 is 52.6 Å². The van der Waals surface area contributed by atoms with E-state index in [1.807, 2.05) is 44.2 Å². The van der Waals surface area contributed by atoms with E-state index >= 15 is 0 Å². The molecule has 0 spiro atoms. The van der Waals surface area contributed by atoms with E-state index in [-0.39, 0.29) is 54.6 Å². The van der Waals surface area contributed by atoms with Gasteiger partial charge in [0.25, 0.3) is 5.91 Å². The number of aliphatic hydroxyl groups excluding tert-OH is 1. The number of aliphatic hydroxyl groups is 1. The minimum atomic E-state index is -4.26. The van der Waals surface area contributed by atoms with Crippen molar-refractivity contribution in [3.05, 3.63) is 78.3 Å². The Morgan fingerprint density at radius 1 is 1.04 bits per heavy atom. The van der Waals surface area contributed by atoms with Gasteiger partial charge in [0.2, 0.25) is 16.8 Å². The van der Waals surface area contributed by atoms with E-state index in [1.54, 1.807) is 12.1 Å². The number of nitrogens with one attached hydrogen (secondary N) is 1. The maximum absolute atomic E-state index is 14.5. The second kappa shape index (κ2) is 16.3. The molecular formula is C37H46N3O11S-. The lowest BCUT2D eigenvalue weighted by atomic mass is 9.87. The topological polar surface area (TPSA) is 180 Å². The summed E-state index contributed by atoms with van der Waals surface area (Å²) >= 11 is 0.